The number of amidine groups is 1. The lowest BCUT2D eigenvalue weighted by atomic mass is 9.91. The fourth-order valence-corrected chi connectivity index (χ4v) is 4.65. The van der Waals surface area contributed by atoms with E-state index >= 15 is 0 Å². The van der Waals surface area contributed by atoms with Gasteiger partial charge >= 0.3 is 12.1 Å². The Morgan fingerprint density at radius 3 is 2.74 bits per heavy atom. The van der Waals surface area contributed by atoms with E-state index in [1.807, 2.05) is 5.01 Å². The Morgan fingerprint density at radius 1 is 1.37 bits per heavy atom. The maximum Gasteiger partial charge on any atom is 0.408 e. The number of amides is 2. The normalized spacial score (nSPS) is 19.3. The van der Waals surface area contributed by atoms with Crippen LogP contribution in [0, 0.1) is 11.7 Å². The number of halogens is 1. The van der Waals surface area contributed by atoms with Gasteiger partial charge in [0.2, 0.25) is 0 Å². The Morgan fingerprint density at radius 2 is 2.11 bits per heavy atom. The van der Waals surface area contributed by atoms with Crippen LogP contribution < -0.4 is 10.7 Å². The lowest BCUT2D eigenvalue weighted by Gasteiger charge is -2.28. The van der Waals surface area contributed by atoms with E-state index in [1.165, 1.54) is 23.9 Å². The molecular weight excluding hydrogens is 475 g/mol. The molecular formula is C24H31FN4O5S. The van der Waals surface area contributed by atoms with Crippen molar-refractivity contribution in [3.8, 4) is 0 Å². The highest BCUT2D eigenvalue weighted by Crippen LogP contribution is 2.31. The summed E-state index contributed by atoms with van der Waals surface area (Å²) in [6.45, 7) is 8.25. The molecule has 1 saturated heterocycles. The summed E-state index contributed by atoms with van der Waals surface area (Å²) in [6.07, 6.45) is 3.00. The number of hydrogen-bond donors (Lipinski definition) is 3. The van der Waals surface area contributed by atoms with Crippen LogP contribution in [0.3, 0.4) is 0 Å². The van der Waals surface area contributed by atoms with Gasteiger partial charge in [0.25, 0.3) is 5.91 Å². The molecule has 0 aliphatic carbocycles. The SMILES string of the molecule is CC(Cc1cc(F)ccc1/C=C1\SC(N2CCCCN2)=NC1=O)C(NC(=O)OC(C)(C)C)C(=O)O. The van der Waals surface area contributed by atoms with Crippen molar-refractivity contribution in [1.82, 2.24) is 15.8 Å². The van der Waals surface area contributed by atoms with Crippen LogP contribution in [-0.2, 0) is 20.7 Å². The molecule has 3 N–H and O–H groups in total. The summed E-state index contributed by atoms with van der Waals surface area (Å²) in [5.41, 5.74) is 3.53. The predicted octanol–water partition coefficient (Wildman–Crippen LogP) is 3.55. The monoisotopic (exact) mass is 506 g/mol. The van der Waals surface area contributed by atoms with Crippen molar-refractivity contribution in [3.05, 3.63) is 40.0 Å². The molecule has 35 heavy (non-hydrogen) atoms. The molecule has 2 atom stereocenters. The number of benzene rings is 1. The summed E-state index contributed by atoms with van der Waals surface area (Å²) in [5.74, 6) is -2.69. The lowest BCUT2D eigenvalue weighted by Crippen LogP contribution is -2.47. The summed E-state index contributed by atoms with van der Waals surface area (Å²) < 4.78 is 19.3. The first kappa shape index (κ1) is 26.7. The van der Waals surface area contributed by atoms with Gasteiger partial charge in [-0.25, -0.2) is 19.4 Å². The lowest BCUT2D eigenvalue weighted by molar-refractivity contribution is -0.140. The molecule has 11 heteroatoms. The van der Waals surface area contributed by atoms with Crippen LogP contribution in [-0.4, -0.2) is 58.0 Å². The number of carbonyl (C=O) groups is 3. The Kier molecular flexibility index (Phi) is 8.55. The Balaban J connectivity index is 1.77. The van der Waals surface area contributed by atoms with Crippen molar-refractivity contribution in [1.29, 1.82) is 0 Å². The molecule has 0 aromatic heterocycles. The van der Waals surface area contributed by atoms with E-state index in [4.69, 9.17) is 4.74 Å². The van der Waals surface area contributed by atoms with Gasteiger partial charge in [0.1, 0.15) is 17.5 Å². The molecule has 1 aromatic carbocycles. The maximum atomic E-state index is 14.1. The molecule has 9 nitrogen and oxygen atoms in total. The summed E-state index contributed by atoms with van der Waals surface area (Å²) in [4.78, 5) is 41.1. The number of hydrazine groups is 1. The van der Waals surface area contributed by atoms with E-state index in [0.717, 1.165) is 25.9 Å². The molecule has 0 spiro atoms. The molecule has 2 aliphatic heterocycles. The van der Waals surface area contributed by atoms with Gasteiger partial charge in [-0.15, -0.1) is 0 Å². The summed E-state index contributed by atoms with van der Waals surface area (Å²) in [6, 6.07) is 2.89. The second-order valence-electron chi connectivity index (χ2n) is 9.56. The van der Waals surface area contributed by atoms with E-state index in [1.54, 1.807) is 39.8 Å². The van der Waals surface area contributed by atoms with Gasteiger partial charge in [0.15, 0.2) is 5.17 Å². The van der Waals surface area contributed by atoms with Crippen molar-refractivity contribution in [3.63, 3.8) is 0 Å². The number of carboxylic acid groups (broad SMARTS) is 1. The first-order valence-electron chi connectivity index (χ1n) is 11.5. The number of thioether (sulfide) groups is 1. The zero-order valence-corrected chi connectivity index (χ0v) is 21.1. The summed E-state index contributed by atoms with van der Waals surface area (Å²) in [5, 5.41) is 14.5. The van der Waals surface area contributed by atoms with E-state index in [2.05, 4.69) is 15.7 Å². The molecule has 190 valence electrons. The fourth-order valence-electron chi connectivity index (χ4n) is 3.74. The molecule has 0 radical (unpaired) electrons. The van der Waals surface area contributed by atoms with Crippen LogP contribution >= 0.6 is 11.8 Å². The number of nitrogens with one attached hydrogen (secondary N) is 2. The number of aliphatic imine (C=N–C) groups is 1. The number of carbonyl (C=O) groups excluding carboxylic acids is 2. The first-order chi connectivity index (χ1) is 16.4. The van der Waals surface area contributed by atoms with Crippen molar-refractivity contribution in [2.45, 2.75) is 58.6 Å². The standard InChI is InChI=1S/C24H31FN4O5S/c1-14(19(21(31)32)27-23(33)34-24(2,3)4)11-16-12-17(25)8-7-15(16)13-18-20(30)28-22(35-18)29-10-6-5-9-26-29/h7-8,12-14,19,26H,5-6,9-11H2,1-4H3,(H,27,33)(H,31,32)/b18-13-. The van der Waals surface area contributed by atoms with Crippen molar-refractivity contribution >= 4 is 41.0 Å². The van der Waals surface area contributed by atoms with Crippen LogP contribution in [0.1, 0.15) is 51.7 Å². The molecule has 0 saturated carbocycles. The quantitative estimate of drug-likeness (QED) is 0.501. The molecule has 2 heterocycles. The van der Waals surface area contributed by atoms with Crippen molar-refractivity contribution in [2.24, 2.45) is 10.9 Å². The van der Waals surface area contributed by atoms with Crippen LogP contribution in [0.5, 0.6) is 0 Å². The minimum Gasteiger partial charge on any atom is -0.480 e. The molecule has 1 fully saturated rings. The topological polar surface area (TPSA) is 120 Å². The number of nitrogens with zero attached hydrogens (tertiary/aromatic N) is 2. The number of ether oxygens (including phenoxy) is 1. The highest BCUT2D eigenvalue weighted by Gasteiger charge is 2.30. The molecule has 0 bridgehead atoms. The number of hydrogen-bond acceptors (Lipinski definition) is 7. The van der Waals surface area contributed by atoms with Crippen molar-refractivity contribution in [2.75, 3.05) is 13.1 Å². The predicted molar refractivity (Wildman–Crippen MR) is 132 cm³/mol. The van der Waals surface area contributed by atoms with Crippen LogP contribution in [0.25, 0.3) is 6.08 Å². The number of aliphatic carboxylic acids is 1. The highest BCUT2D eigenvalue weighted by molar-refractivity contribution is 8.18. The van der Waals surface area contributed by atoms with Gasteiger partial charge in [0.05, 0.1) is 4.91 Å². The third kappa shape index (κ3) is 7.53. The van der Waals surface area contributed by atoms with E-state index < -0.39 is 35.4 Å². The third-order valence-electron chi connectivity index (χ3n) is 5.39. The van der Waals surface area contributed by atoms with Crippen LogP contribution in [0.4, 0.5) is 9.18 Å². The molecule has 2 unspecified atom stereocenters. The molecule has 1 aromatic rings. The average molecular weight is 507 g/mol. The zero-order valence-electron chi connectivity index (χ0n) is 20.3. The fraction of sp³-hybridized carbons (Fsp3) is 0.500. The van der Waals surface area contributed by atoms with Gasteiger partial charge in [-0.05, 0) is 87.0 Å². The minimum atomic E-state index is -1.25. The Hall–Kier alpha value is -2.92. The number of rotatable bonds is 6. The van der Waals surface area contributed by atoms with E-state index in [9.17, 15) is 23.9 Å². The van der Waals surface area contributed by atoms with Crippen LogP contribution in [0.2, 0.25) is 0 Å². The van der Waals surface area contributed by atoms with Crippen LogP contribution in [0.15, 0.2) is 28.1 Å². The largest absolute Gasteiger partial charge is 0.480 e. The summed E-state index contributed by atoms with van der Waals surface area (Å²) >= 11 is 1.24. The van der Waals surface area contributed by atoms with Gasteiger partial charge in [0, 0.05) is 13.1 Å². The molecule has 3 rings (SSSR count). The van der Waals surface area contributed by atoms with Gasteiger partial charge in [-0.3, -0.25) is 9.80 Å². The minimum absolute atomic E-state index is 0.143. The van der Waals surface area contributed by atoms with Crippen molar-refractivity contribution < 1.29 is 28.6 Å². The Labute approximate surface area is 208 Å². The summed E-state index contributed by atoms with van der Waals surface area (Å²) in [7, 11) is 0. The third-order valence-corrected chi connectivity index (χ3v) is 6.40. The zero-order chi connectivity index (χ0) is 25.8. The maximum absolute atomic E-state index is 14.1. The van der Waals surface area contributed by atoms with E-state index in [0.29, 0.717) is 21.2 Å². The second-order valence-corrected chi connectivity index (χ2v) is 10.6. The van der Waals surface area contributed by atoms with Gasteiger partial charge in [-0.2, -0.15) is 4.99 Å². The van der Waals surface area contributed by atoms with Gasteiger partial charge < -0.3 is 15.2 Å². The number of alkyl carbamates (subject to hydrolysis) is 1. The Bertz CT molecular complexity index is 1050. The smallest absolute Gasteiger partial charge is 0.408 e. The number of carboxylic acids is 1. The molecule has 2 aliphatic rings. The second kappa shape index (κ2) is 11.2. The van der Waals surface area contributed by atoms with Gasteiger partial charge in [-0.1, -0.05) is 13.0 Å². The first-order valence-corrected chi connectivity index (χ1v) is 12.3. The highest BCUT2D eigenvalue weighted by atomic mass is 32.2. The average Bonchev–Trinajstić information content (AvgIpc) is 3.13. The molecule has 2 amide bonds. The van der Waals surface area contributed by atoms with E-state index in [-0.39, 0.29) is 12.3 Å².